The average Bonchev–Trinajstić information content (AvgIpc) is 3.47. The van der Waals surface area contributed by atoms with Gasteiger partial charge in [0, 0.05) is 44.1 Å². The number of methoxy groups -OCH3 is 1. The molecule has 0 bridgehead atoms. The summed E-state index contributed by atoms with van der Waals surface area (Å²) in [6, 6.07) is 19.7. The molecule has 2 fully saturated rings. The molecule has 2 saturated heterocycles. The maximum atomic E-state index is 13.0. The zero-order valence-electron chi connectivity index (χ0n) is 19.9. The Labute approximate surface area is 205 Å². The molecule has 2 aromatic heterocycles. The zero-order valence-corrected chi connectivity index (χ0v) is 19.9. The number of likely N-dealkylation sites (tertiary alicyclic amines) is 1. The van der Waals surface area contributed by atoms with Gasteiger partial charge in [-0.2, -0.15) is 0 Å². The van der Waals surface area contributed by atoms with Crippen molar-refractivity contribution in [2.75, 3.05) is 20.2 Å². The molecule has 35 heavy (non-hydrogen) atoms. The van der Waals surface area contributed by atoms with Gasteiger partial charge in [0.2, 0.25) is 5.91 Å². The summed E-state index contributed by atoms with van der Waals surface area (Å²) in [4.78, 5) is 38.6. The van der Waals surface area contributed by atoms with Gasteiger partial charge in [0.25, 0.3) is 0 Å². The Morgan fingerprint density at radius 2 is 1.83 bits per heavy atom. The molecule has 0 aliphatic carbocycles. The third-order valence-electron chi connectivity index (χ3n) is 7.18. The number of rotatable bonds is 7. The molecule has 4 heterocycles. The number of amides is 1. The summed E-state index contributed by atoms with van der Waals surface area (Å²) in [7, 11) is 1.38. The lowest BCUT2D eigenvalue weighted by Gasteiger charge is -2.45. The van der Waals surface area contributed by atoms with E-state index in [4.69, 9.17) is 9.57 Å². The molecule has 0 saturated carbocycles. The Balaban J connectivity index is 1.32. The van der Waals surface area contributed by atoms with Crippen molar-refractivity contribution < 1.29 is 19.2 Å². The molecule has 8 nitrogen and oxygen atoms in total. The molecule has 8 heteroatoms. The predicted molar refractivity (Wildman–Crippen MR) is 129 cm³/mol. The summed E-state index contributed by atoms with van der Waals surface area (Å²) in [5.74, 6) is -0.153. The van der Waals surface area contributed by atoms with Gasteiger partial charge in [0.1, 0.15) is 12.4 Å². The highest BCUT2D eigenvalue weighted by atomic mass is 16.7. The number of carbonyl (C=O) groups excluding carboxylic acids is 2. The number of carbonyl (C=O) groups is 2. The fraction of sp³-hybridized carbons (Fsp3) is 0.370. The van der Waals surface area contributed by atoms with Crippen molar-refractivity contribution in [1.29, 1.82) is 0 Å². The highest BCUT2D eigenvalue weighted by molar-refractivity contribution is 5.88. The maximum absolute atomic E-state index is 13.0. The Kier molecular flexibility index (Phi) is 6.66. The lowest BCUT2D eigenvalue weighted by atomic mass is 9.77. The molecule has 1 spiro atoms. The minimum Gasteiger partial charge on any atom is -0.469 e. The lowest BCUT2D eigenvalue weighted by Crippen LogP contribution is -2.57. The van der Waals surface area contributed by atoms with E-state index in [1.54, 1.807) is 6.20 Å². The van der Waals surface area contributed by atoms with Crippen molar-refractivity contribution in [1.82, 2.24) is 19.5 Å². The van der Waals surface area contributed by atoms with Gasteiger partial charge in [-0.3, -0.25) is 19.3 Å². The van der Waals surface area contributed by atoms with Crippen LogP contribution < -0.4 is 0 Å². The second-order valence-corrected chi connectivity index (χ2v) is 9.16. The zero-order chi connectivity index (χ0) is 24.3. The highest BCUT2D eigenvalue weighted by Gasteiger charge is 2.58. The molecule has 1 unspecified atom stereocenters. The molecule has 1 aromatic carbocycles. The number of hydrogen-bond donors (Lipinski definition) is 0. The van der Waals surface area contributed by atoms with Crippen LogP contribution in [0.2, 0.25) is 0 Å². The van der Waals surface area contributed by atoms with Crippen molar-refractivity contribution >= 4 is 11.9 Å². The first-order chi connectivity index (χ1) is 17.1. The second-order valence-electron chi connectivity index (χ2n) is 9.16. The van der Waals surface area contributed by atoms with Crippen molar-refractivity contribution in [2.24, 2.45) is 5.92 Å². The van der Waals surface area contributed by atoms with Crippen LogP contribution in [0.1, 0.15) is 30.5 Å². The van der Waals surface area contributed by atoms with Gasteiger partial charge in [-0.25, -0.2) is 10.0 Å². The number of aromatic nitrogens is 2. The Morgan fingerprint density at radius 1 is 1.06 bits per heavy atom. The highest BCUT2D eigenvalue weighted by Crippen LogP contribution is 2.45. The van der Waals surface area contributed by atoms with E-state index in [2.05, 4.69) is 20.5 Å². The van der Waals surface area contributed by atoms with Crippen molar-refractivity contribution in [3.8, 4) is 5.82 Å². The molecule has 1 atom stereocenters. The Hall–Kier alpha value is -3.49. The lowest BCUT2D eigenvalue weighted by molar-refractivity contribution is -0.229. The number of piperidine rings is 1. The number of benzene rings is 1. The number of esters is 1. The van der Waals surface area contributed by atoms with E-state index in [0.717, 1.165) is 36.7 Å². The summed E-state index contributed by atoms with van der Waals surface area (Å²) in [6.45, 7) is 2.50. The van der Waals surface area contributed by atoms with Gasteiger partial charge in [-0.1, -0.05) is 36.4 Å². The van der Waals surface area contributed by atoms with E-state index in [0.29, 0.717) is 12.8 Å². The molecular formula is C27H30N4O4. The molecule has 1 amide bonds. The minimum absolute atomic E-state index is 0.115. The van der Waals surface area contributed by atoms with Gasteiger partial charge in [-0.05, 0) is 42.7 Å². The van der Waals surface area contributed by atoms with Gasteiger partial charge in [-0.15, -0.1) is 0 Å². The number of ether oxygens (including phenoxy) is 1. The summed E-state index contributed by atoms with van der Waals surface area (Å²) in [5, 5.41) is 1.50. The molecule has 2 aliphatic heterocycles. The molecule has 2 aliphatic rings. The smallest absolute Gasteiger partial charge is 0.311 e. The van der Waals surface area contributed by atoms with E-state index >= 15 is 0 Å². The van der Waals surface area contributed by atoms with Crippen LogP contribution in [0.15, 0.2) is 73.1 Å². The van der Waals surface area contributed by atoms with Crippen LogP contribution in [-0.4, -0.2) is 57.1 Å². The third-order valence-corrected chi connectivity index (χ3v) is 7.18. The molecule has 3 aromatic rings. The van der Waals surface area contributed by atoms with Crippen LogP contribution in [0.3, 0.4) is 0 Å². The number of hydrogen-bond acceptors (Lipinski definition) is 6. The first-order valence-electron chi connectivity index (χ1n) is 12.0. The van der Waals surface area contributed by atoms with Crippen LogP contribution in [0.4, 0.5) is 0 Å². The summed E-state index contributed by atoms with van der Waals surface area (Å²) in [6.07, 6.45) is 5.20. The monoisotopic (exact) mass is 474 g/mol. The van der Waals surface area contributed by atoms with E-state index in [1.807, 2.05) is 60.8 Å². The van der Waals surface area contributed by atoms with Crippen LogP contribution in [-0.2, 0) is 32.3 Å². The predicted octanol–water partition coefficient (Wildman–Crippen LogP) is 3.36. The molecule has 5 rings (SSSR count). The van der Waals surface area contributed by atoms with Gasteiger partial charge < -0.3 is 9.30 Å². The number of pyridine rings is 1. The molecular weight excluding hydrogens is 444 g/mol. The van der Waals surface area contributed by atoms with Crippen LogP contribution >= 0.6 is 0 Å². The van der Waals surface area contributed by atoms with Crippen LogP contribution in [0.25, 0.3) is 5.82 Å². The van der Waals surface area contributed by atoms with Crippen molar-refractivity contribution in [3.63, 3.8) is 0 Å². The van der Waals surface area contributed by atoms with Gasteiger partial charge in [0.05, 0.1) is 18.6 Å². The van der Waals surface area contributed by atoms with Crippen LogP contribution in [0, 0.1) is 5.92 Å². The molecule has 0 radical (unpaired) electrons. The standard InChI is InChI=1S/C27H30N4O4/c1-34-26(33)23-18-25(32)31(35-20-21-8-3-2-4-9-21)27(23)12-16-29(17-13-27)19-22-10-7-15-30(22)24-11-5-6-14-28-24/h2-11,14-15,23H,12-13,16-20H2,1H3. The van der Waals surface area contributed by atoms with Crippen LogP contribution in [0.5, 0.6) is 0 Å². The SMILES string of the molecule is COC(=O)C1CC(=O)N(OCc2ccccc2)C12CCN(Cc1cccn1-c1ccccn1)CC2. The Bertz CT molecular complexity index is 1160. The van der Waals surface area contributed by atoms with E-state index in [1.165, 1.54) is 12.2 Å². The largest absolute Gasteiger partial charge is 0.469 e. The summed E-state index contributed by atoms with van der Waals surface area (Å²) < 4.78 is 7.19. The van der Waals surface area contributed by atoms with E-state index < -0.39 is 11.5 Å². The summed E-state index contributed by atoms with van der Waals surface area (Å²) >= 11 is 0. The molecule has 182 valence electrons. The van der Waals surface area contributed by atoms with Crippen molar-refractivity contribution in [3.05, 3.63) is 84.3 Å². The number of hydroxylamine groups is 2. The summed E-state index contributed by atoms with van der Waals surface area (Å²) in [5.41, 5.74) is 1.42. The first-order valence-corrected chi connectivity index (χ1v) is 12.0. The average molecular weight is 475 g/mol. The quantitative estimate of drug-likeness (QED) is 0.489. The van der Waals surface area contributed by atoms with E-state index in [-0.39, 0.29) is 24.9 Å². The third kappa shape index (κ3) is 4.59. The minimum atomic E-state index is -0.696. The van der Waals surface area contributed by atoms with E-state index in [9.17, 15) is 9.59 Å². The fourth-order valence-electron chi connectivity index (χ4n) is 5.34. The number of nitrogens with zero attached hydrogens (tertiary/aromatic N) is 4. The first kappa shape index (κ1) is 23.3. The maximum Gasteiger partial charge on any atom is 0.311 e. The van der Waals surface area contributed by atoms with Gasteiger partial charge >= 0.3 is 5.97 Å². The topological polar surface area (TPSA) is 76.9 Å². The molecule has 0 N–H and O–H groups in total. The second kappa shape index (κ2) is 10.0. The normalized spacial score (nSPS) is 19.9. The Morgan fingerprint density at radius 3 is 2.54 bits per heavy atom. The van der Waals surface area contributed by atoms with Gasteiger partial charge in [0.15, 0.2) is 0 Å². The fourth-order valence-corrected chi connectivity index (χ4v) is 5.34. The van der Waals surface area contributed by atoms with Crippen molar-refractivity contribution in [2.45, 2.75) is 38.0 Å².